The Morgan fingerprint density at radius 3 is 1.88 bits per heavy atom. The highest BCUT2D eigenvalue weighted by Gasteiger charge is 2.37. The lowest BCUT2D eigenvalue weighted by Crippen LogP contribution is -2.29. The fourth-order valence-corrected chi connectivity index (χ4v) is 4.21. The van der Waals surface area contributed by atoms with E-state index in [1.165, 1.54) is 21.3 Å². The summed E-state index contributed by atoms with van der Waals surface area (Å²) in [5, 5.41) is 0. The van der Waals surface area contributed by atoms with Crippen LogP contribution in [0.3, 0.4) is 0 Å². The van der Waals surface area contributed by atoms with Crippen molar-refractivity contribution in [3.63, 3.8) is 0 Å². The summed E-state index contributed by atoms with van der Waals surface area (Å²) in [4.78, 5) is 27.5. The third-order valence-electron chi connectivity index (χ3n) is 5.39. The van der Waals surface area contributed by atoms with Crippen LogP contribution in [0.2, 0.25) is 0 Å². The van der Waals surface area contributed by atoms with Crippen LogP contribution in [0, 0.1) is 0 Å². The van der Waals surface area contributed by atoms with Gasteiger partial charge in [0.25, 0.3) is 0 Å². The molecule has 2 aromatic rings. The number of rotatable bonds is 8. The molecule has 0 saturated carbocycles. The van der Waals surface area contributed by atoms with Gasteiger partial charge in [-0.05, 0) is 35.9 Å². The van der Waals surface area contributed by atoms with Crippen LogP contribution in [0.1, 0.15) is 17.0 Å². The van der Waals surface area contributed by atoms with Crippen LogP contribution in [-0.4, -0.2) is 52.4 Å². The SMILES string of the molecule is COC(=O)C1=CN(Cc2ccc(OC)c(OC)c2)C=C(C(=O)OC)C1c1cc(Br)ccc1OC. The van der Waals surface area contributed by atoms with Gasteiger partial charge in [-0.3, -0.25) is 0 Å². The van der Waals surface area contributed by atoms with E-state index in [9.17, 15) is 9.59 Å². The van der Waals surface area contributed by atoms with Crippen molar-refractivity contribution in [2.45, 2.75) is 12.5 Å². The van der Waals surface area contributed by atoms with E-state index in [2.05, 4.69) is 15.9 Å². The van der Waals surface area contributed by atoms with Gasteiger partial charge >= 0.3 is 11.9 Å². The van der Waals surface area contributed by atoms with E-state index in [0.717, 1.165) is 10.0 Å². The third-order valence-corrected chi connectivity index (χ3v) is 5.88. The Bertz CT molecular complexity index is 1110. The molecule has 8 nitrogen and oxygen atoms in total. The fraction of sp³-hybridized carbons (Fsp3) is 0.280. The molecule has 0 N–H and O–H groups in total. The predicted octanol–water partition coefficient (Wildman–Crippen LogP) is 4.19. The molecule has 0 spiro atoms. The maximum atomic E-state index is 12.9. The van der Waals surface area contributed by atoms with Crippen molar-refractivity contribution in [2.24, 2.45) is 0 Å². The lowest BCUT2D eigenvalue weighted by molar-refractivity contribution is -0.137. The number of nitrogens with zero attached hydrogens (tertiary/aromatic N) is 1. The van der Waals surface area contributed by atoms with Gasteiger partial charge in [0.1, 0.15) is 5.75 Å². The van der Waals surface area contributed by atoms with E-state index in [4.69, 9.17) is 23.7 Å². The van der Waals surface area contributed by atoms with Crippen LogP contribution in [0.25, 0.3) is 0 Å². The zero-order chi connectivity index (χ0) is 24.8. The summed E-state index contributed by atoms with van der Waals surface area (Å²) in [7, 11) is 7.25. The van der Waals surface area contributed by atoms with Gasteiger partial charge in [-0.15, -0.1) is 0 Å². The topological polar surface area (TPSA) is 83.5 Å². The van der Waals surface area contributed by atoms with Crippen molar-refractivity contribution in [3.8, 4) is 17.2 Å². The molecule has 0 radical (unpaired) electrons. The van der Waals surface area contributed by atoms with Gasteiger partial charge < -0.3 is 28.6 Å². The summed E-state index contributed by atoms with van der Waals surface area (Å²) in [6.45, 7) is 0.351. The molecule has 1 heterocycles. The molecule has 0 bridgehead atoms. The number of benzene rings is 2. The quantitative estimate of drug-likeness (QED) is 0.469. The minimum atomic E-state index is -0.756. The minimum absolute atomic E-state index is 0.266. The first kappa shape index (κ1) is 25.2. The summed E-state index contributed by atoms with van der Waals surface area (Å²) in [6, 6.07) is 10.9. The Kier molecular flexibility index (Phi) is 8.22. The van der Waals surface area contributed by atoms with Gasteiger partial charge in [0.2, 0.25) is 0 Å². The smallest absolute Gasteiger partial charge is 0.336 e. The second-order valence-electron chi connectivity index (χ2n) is 7.33. The maximum Gasteiger partial charge on any atom is 0.336 e. The highest BCUT2D eigenvalue weighted by molar-refractivity contribution is 9.10. The Morgan fingerprint density at radius 2 is 1.35 bits per heavy atom. The molecule has 0 aliphatic carbocycles. The number of ether oxygens (including phenoxy) is 5. The molecule has 0 atom stereocenters. The number of esters is 2. The van der Waals surface area contributed by atoms with Crippen LogP contribution >= 0.6 is 15.9 Å². The van der Waals surface area contributed by atoms with Gasteiger partial charge in [0.05, 0.1) is 52.6 Å². The van der Waals surface area contributed by atoms with Crippen molar-refractivity contribution in [2.75, 3.05) is 35.5 Å². The van der Waals surface area contributed by atoms with Crippen molar-refractivity contribution in [1.82, 2.24) is 4.90 Å². The van der Waals surface area contributed by atoms with Crippen LogP contribution in [0.4, 0.5) is 0 Å². The Hall–Kier alpha value is -3.46. The third kappa shape index (κ3) is 5.20. The predicted molar refractivity (Wildman–Crippen MR) is 129 cm³/mol. The first-order chi connectivity index (χ1) is 16.4. The molecule has 0 amide bonds. The van der Waals surface area contributed by atoms with Crippen LogP contribution in [-0.2, 0) is 25.6 Å². The van der Waals surface area contributed by atoms with Crippen LogP contribution in [0.15, 0.2) is 64.4 Å². The van der Waals surface area contributed by atoms with Gasteiger partial charge in [-0.25, -0.2) is 9.59 Å². The molecule has 0 unspecified atom stereocenters. The Labute approximate surface area is 206 Å². The van der Waals surface area contributed by atoms with E-state index in [1.54, 1.807) is 49.7 Å². The van der Waals surface area contributed by atoms with Gasteiger partial charge in [0, 0.05) is 29.0 Å². The first-order valence-electron chi connectivity index (χ1n) is 10.3. The molecular weight excluding hydrogens is 506 g/mol. The average molecular weight is 532 g/mol. The van der Waals surface area contributed by atoms with E-state index in [1.807, 2.05) is 18.2 Å². The number of carbonyl (C=O) groups excluding carboxylic acids is 2. The summed E-state index contributed by atoms with van der Waals surface area (Å²) >= 11 is 3.46. The second kappa shape index (κ2) is 11.1. The van der Waals surface area contributed by atoms with Crippen molar-refractivity contribution in [3.05, 3.63) is 75.5 Å². The number of hydrogen-bond acceptors (Lipinski definition) is 8. The summed E-state index contributed by atoms with van der Waals surface area (Å²) in [5.74, 6) is -0.204. The summed E-state index contributed by atoms with van der Waals surface area (Å²) in [5.41, 5.74) is 2.03. The van der Waals surface area contributed by atoms with Gasteiger partial charge in [0.15, 0.2) is 11.5 Å². The zero-order valence-electron chi connectivity index (χ0n) is 19.6. The maximum absolute atomic E-state index is 12.9. The van der Waals surface area contributed by atoms with E-state index < -0.39 is 17.9 Å². The number of halogens is 1. The van der Waals surface area contributed by atoms with Gasteiger partial charge in [-0.2, -0.15) is 0 Å². The lowest BCUT2D eigenvalue weighted by atomic mass is 9.82. The van der Waals surface area contributed by atoms with Crippen LogP contribution < -0.4 is 14.2 Å². The van der Waals surface area contributed by atoms with Crippen molar-refractivity contribution < 1.29 is 33.3 Å². The largest absolute Gasteiger partial charge is 0.496 e. The first-order valence-corrected chi connectivity index (χ1v) is 11.1. The minimum Gasteiger partial charge on any atom is -0.496 e. The average Bonchev–Trinajstić information content (AvgIpc) is 2.86. The molecule has 3 rings (SSSR count). The standard InChI is InChI=1S/C25H26BrNO7/c1-30-20-9-7-16(26)11-17(20)23-18(24(28)33-4)13-27(14-19(23)25(29)34-5)12-15-6-8-21(31-2)22(10-15)32-3/h6-11,13-14,23H,12H2,1-5H3. The Morgan fingerprint density at radius 1 is 0.794 bits per heavy atom. The Balaban J connectivity index is 2.12. The molecule has 0 aromatic heterocycles. The normalized spacial score (nSPS) is 13.5. The molecule has 1 aliphatic rings. The summed E-state index contributed by atoms with van der Waals surface area (Å²) in [6.07, 6.45) is 3.33. The molecule has 2 aromatic carbocycles. The number of hydrogen-bond donors (Lipinski definition) is 0. The molecular formula is C25H26BrNO7. The van der Waals surface area contributed by atoms with Crippen molar-refractivity contribution in [1.29, 1.82) is 0 Å². The summed E-state index contributed by atoms with van der Waals surface area (Å²) < 4.78 is 27.1. The molecule has 34 heavy (non-hydrogen) atoms. The highest BCUT2D eigenvalue weighted by Crippen LogP contribution is 2.42. The second-order valence-corrected chi connectivity index (χ2v) is 8.25. The lowest BCUT2D eigenvalue weighted by Gasteiger charge is -2.31. The molecule has 9 heteroatoms. The molecule has 0 fully saturated rings. The van der Waals surface area contributed by atoms with E-state index >= 15 is 0 Å². The monoisotopic (exact) mass is 531 g/mol. The van der Waals surface area contributed by atoms with Crippen molar-refractivity contribution >= 4 is 27.9 Å². The van der Waals surface area contributed by atoms with Crippen LogP contribution in [0.5, 0.6) is 17.2 Å². The fourth-order valence-electron chi connectivity index (χ4n) is 3.83. The highest BCUT2D eigenvalue weighted by atomic mass is 79.9. The van der Waals surface area contributed by atoms with E-state index in [-0.39, 0.29) is 11.1 Å². The molecule has 1 aliphatic heterocycles. The number of methoxy groups -OCH3 is 5. The number of carbonyl (C=O) groups is 2. The zero-order valence-corrected chi connectivity index (χ0v) is 21.2. The van der Waals surface area contributed by atoms with Gasteiger partial charge in [-0.1, -0.05) is 22.0 Å². The molecule has 180 valence electrons. The molecule has 0 saturated heterocycles. The van der Waals surface area contributed by atoms with E-state index in [0.29, 0.717) is 29.4 Å².